The minimum absolute atomic E-state index is 0.169. The zero-order valence-electron chi connectivity index (χ0n) is 7.07. The smallest absolute Gasteiger partial charge is 0.326 e. The average Bonchev–Trinajstić information content (AvgIpc) is 1.96. The number of amides is 1. The molecule has 0 radical (unpaired) electrons. The van der Waals surface area contributed by atoms with Gasteiger partial charge in [-0.05, 0) is 12.8 Å². The monoisotopic (exact) mass is 188 g/mol. The van der Waals surface area contributed by atoms with Crippen molar-refractivity contribution in [1.29, 1.82) is 0 Å². The second-order valence-corrected chi connectivity index (χ2v) is 2.50. The van der Waals surface area contributed by atoms with E-state index in [-0.39, 0.29) is 6.42 Å². The van der Waals surface area contributed by atoms with Crippen molar-refractivity contribution >= 4 is 17.8 Å². The SMILES string of the molecule is CC(=O)N[C@H](CCC(=O)[O-])C(=O)O. The molecule has 1 amide bonds. The van der Waals surface area contributed by atoms with Crippen molar-refractivity contribution in [2.75, 3.05) is 0 Å². The Morgan fingerprint density at radius 1 is 1.46 bits per heavy atom. The molecule has 6 heteroatoms. The number of hydrogen-bond donors (Lipinski definition) is 2. The van der Waals surface area contributed by atoms with Gasteiger partial charge in [-0.2, -0.15) is 0 Å². The zero-order valence-corrected chi connectivity index (χ0v) is 7.07. The predicted octanol–water partition coefficient (Wildman–Crippen LogP) is -1.89. The van der Waals surface area contributed by atoms with Crippen LogP contribution >= 0.6 is 0 Å². The van der Waals surface area contributed by atoms with Gasteiger partial charge in [0.15, 0.2) is 0 Å². The highest BCUT2D eigenvalue weighted by atomic mass is 16.4. The van der Waals surface area contributed by atoms with Gasteiger partial charge in [0.25, 0.3) is 0 Å². The summed E-state index contributed by atoms with van der Waals surface area (Å²) >= 11 is 0. The first-order valence-corrected chi connectivity index (χ1v) is 3.63. The van der Waals surface area contributed by atoms with Gasteiger partial charge in [0.1, 0.15) is 6.04 Å². The minimum Gasteiger partial charge on any atom is -0.550 e. The van der Waals surface area contributed by atoms with Gasteiger partial charge in [0, 0.05) is 12.9 Å². The number of hydrogen-bond acceptors (Lipinski definition) is 4. The molecule has 0 aromatic carbocycles. The maximum absolute atomic E-state index is 10.5. The van der Waals surface area contributed by atoms with Crippen LogP contribution in [0.15, 0.2) is 0 Å². The van der Waals surface area contributed by atoms with Gasteiger partial charge in [0.2, 0.25) is 5.91 Å². The summed E-state index contributed by atoms with van der Waals surface area (Å²) in [5, 5.41) is 20.6. The number of nitrogens with one attached hydrogen (secondary N) is 1. The standard InChI is InChI=1S/C7H11NO5/c1-4(9)8-5(7(12)13)2-3-6(10)11/h5H,2-3H2,1H3,(H,8,9)(H,10,11)(H,12,13)/p-1/t5-/m1/s1. The van der Waals surface area contributed by atoms with Crippen LogP contribution in [-0.2, 0) is 14.4 Å². The Morgan fingerprint density at radius 3 is 2.31 bits per heavy atom. The van der Waals surface area contributed by atoms with Gasteiger partial charge in [-0.1, -0.05) is 0 Å². The molecule has 0 aliphatic rings. The van der Waals surface area contributed by atoms with Crippen LogP contribution in [0, 0.1) is 0 Å². The molecule has 0 rings (SSSR count). The van der Waals surface area contributed by atoms with E-state index in [1.165, 1.54) is 0 Å². The van der Waals surface area contributed by atoms with E-state index in [1.807, 2.05) is 0 Å². The van der Waals surface area contributed by atoms with Crippen LogP contribution in [0.5, 0.6) is 0 Å². The lowest BCUT2D eigenvalue weighted by Crippen LogP contribution is -2.40. The lowest BCUT2D eigenvalue weighted by molar-refractivity contribution is -0.305. The van der Waals surface area contributed by atoms with Crippen LogP contribution in [0.25, 0.3) is 0 Å². The second kappa shape index (κ2) is 5.13. The molecule has 0 unspecified atom stereocenters. The Hall–Kier alpha value is -1.59. The third-order valence-electron chi connectivity index (χ3n) is 1.31. The molecule has 0 heterocycles. The number of rotatable bonds is 5. The summed E-state index contributed by atoms with van der Waals surface area (Å²) in [6.07, 6.45) is -0.561. The van der Waals surface area contributed by atoms with E-state index in [4.69, 9.17) is 5.11 Å². The molecule has 0 aliphatic heterocycles. The van der Waals surface area contributed by atoms with Gasteiger partial charge in [-0.3, -0.25) is 4.79 Å². The Bertz CT molecular complexity index is 225. The summed E-state index contributed by atoms with van der Waals surface area (Å²) in [5.41, 5.74) is 0. The molecule has 2 N–H and O–H groups in total. The summed E-state index contributed by atoms with van der Waals surface area (Å²) in [5.74, 6) is -3.10. The molecule has 0 saturated heterocycles. The first-order chi connectivity index (χ1) is 5.93. The number of carbonyl (C=O) groups is 3. The Kier molecular flexibility index (Phi) is 4.50. The Labute approximate surface area is 74.6 Å². The van der Waals surface area contributed by atoms with E-state index >= 15 is 0 Å². The third kappa shape index (κ3) is 5.66. The first kappa shape index (κ1) is 11.4. The first-order valence-electron chi connectivity index (χ1n) is 3.63. The summed E-state index contributed by atoms with van der Waals surface area (Å²) in [6, 6.07) is -1.16. The highest BCUT2D eigenvalue weighted by Crippen LogP contribution is 1.96. The summed E-state index contributed by atoms with van der Waals surface area (Å²) in [4.78, 5) is 30.9. The van der Waals surface area contributed by atoms with Gasteiger partial charge < -0.3 is 20.3 Å². The Balaban J connectivity index is 4.02. The van der Waals surface area contributed by atoms with Crippen LogP contribution in [0.1, 0.15) is 19.8 Å². The molecule has 0 spiro atoms. The normalized spacial score (nSPS) is 11.8. The topological polar surface area (TPSA) is 107 Å². The molecule has 0 aromatic rings. The van der Waals surface area contributed by atoms with E-state index in [1.54, 1.807) is 0 Å². The van der Waals surface area contributed by atoms with Crippen molar-refractivity contribution in [2.45, 2.75) is 25.8 Å². The maximum Gasteiger partial charge on any atom is 0.326 e. The lowest BCUT2D eigenvalue weighted by Gasteiger charge is -2.12. The van der Waals surface area contributed by atoms with Crippen molar-refractivity contribution in [1.82, 2.24) is 5.32 Å². The van der Waals surface area contributed by atoms with E-state index in [9.17, 15) is 19.5 Å². The quantitative estimate of drug-likeness (QED) is 0.524. The second-order valence-electron chi connectivity index (χ2n) is 2.50. The maximum atomic E-state index is 10.5. The highest BCUT2D eigenvalue weighted by Gasteiger charge is 2.17. The molecule has 0 bridgehead atoms. The highest BCUT2D eigenvalue weighted by molar-refractivity contribution is 5.82. The van der Waals surface area contributed by atoms with Crippen molar-refractivity contribution in [3.63, 3.8) is 0 Å². The van der Waals surface area contributed by atoms with E-state index < -0.39 is 30.3 Å². The average molecular weight is 188 g/mol. The fraction of sp³-hybridized carbons (Fsp3) is 0.571. The number of carboxylic acid groups (broad SMARTS) is 2. The van der Waals surface area contributed by atoms with Gasteiger partial charge in [0.05, 0.1) is 0 Å². The van der Waals surface area contributed by atoms with Crippen LogP contribution in [0.4, 0.5) is 0 Å². The number of carboxylic acids is 2. The van der Waals surface area contributed by atoms with Crippen molar-refractivity contribution < 1.29 is 24.6 Å². The molecule has 6 nitrogen and oxygen atoms in total. The largest absolute Gasteiger partial charge is 0.550 e. The molecular weight excluding hydrogens is 178 g/mol. The van der Waals surface area contributed by atoms with Crippen LogP contribution in [-0.4, -0.2) is 29.0 Å². The summed E-state index contributed by atoms with van der Waals surface area (Å²) < 4.78 is 0. The third-order valence-corrected chi connectivity index (χ3v) is 1.31. The Morgan fingerprint density at radius 2 is 2.00 bits per heavy atom. The molecule has 0 saturated carbocycles. The van der Waals surface area contributed by atoms with Gasteiger partial charge in [-0.25, -0.2) is 4.79 Å². The van der Waals surface area contributed by atoms with Crippen molar-refractivity contribution in [3.05, 3.63) is 0 Å². The number of carbonyl (C=O) groups excluding carboxylic acids is 2. The molecule has 74 valence electrons. The molecule has 13 heavy (non-hydrogen) atoms. The molecule has 0 fully saturated rings. The van der Waals surface area contributed by atoms with Gasteiger partial charge >= 0.3 is 5.97 Å². The predicted molar refractivity (Wildman–Crippen MR) is 39.5 cm³/mol. The van der Waals surface area contributed by atoms with Crippen LogP contribution in [0.2, 0.25) is 0 Å². The molecular formula is C7H10NO5-. The number of aliphatic carboxylic acids is 2. The molecule has 0 aromatic heterocycles. The van der Waals surface area contributed by atoms with Gasteiger partial charge in [-0.15, -0.1) is 0 Å². The summed E-state index contributed by atoms with van der Waals surface area (Å²) in [6.45, 7) is 1.16. The van der Waals surface area contributed by atoms with Crippen molar-refractivity contribution in [3.8, 4) is 0 Å². The zero-order chi connectivity index (χ0) is 10.4. The van der Waals surface area contributed by atoms with E-state index in [2.05, 4.69) is 5.32 Å². The molecule has 0 aliphatic carbocycles. The van der Waals surface area contributed by atoms with E-state index in [0.29, 0.717) is 0 Å². The van der Waals surface area contributed by atoms with E-state index in [0.717, 1.165) is 6.92 Å². The minimum atomic E-state index is -1.34. The van der Waals surface area contributed by atoms with Crippen LogP contribution in [0.3, 0.4) is 0 Å². The van der Waals surface area contributed by atoms with Crippen molar-refractivity contribution in [2.24, 2.45) is 0 Å². The molecule has 1 atom stereocenters. The summed E-state index contributed by atoms with van der Waals surface area (Å²) in [7, 11) is 0. The fourth-order valence-corrected chi connectivity index (χ4v) is 0.765. The van der Waals surface area contributed by atoms with Crippen LogP contribution < -0.4 is 10.4 Å². The lowest BCUT2D eigenvalue weighted by atomic mass is 10.1. The fourth-order valence-electron chi connectivity index (χ4n) is 0.765.